The zero-order valence-corrected chi connectivity index (χ0v) is 13.4. The average Bonchev–Trinajstić information content (AvgIpc) is 2.38. The lowest BCUT2D eigenvalue weighted by Crippen LogP contribution is -2.29. The number of nitrogens with two attached hydrogens (primary N) is 1. The summed E-state index contributed by atoms with van der Waals surface area (Å²) in [5, 5.41) is 2.39. The van der Waals surface area contributed by atoms with E-state index in [0.717, 1.165) is 11.1 Å². The van der Waals surface area contributed by atoms with Crippen molar-refractivity contribution < 1.29 is 0 Å². The minimum atomic E-state index is -0.165. The highest BCUT2D eigenvalue weighted by molar-refractivity contribution is 6.34. The Morgan fingerprint density at radius 3 is 2.15 bits per heavy atom. The molecule has 20 heavy (non-hydrogen) atoms. The van der Waals surface area contributed by atoms with Crippen LogP contribution in [0.3, 0.4) is 0 Å². The molecular weight excluding hydrogens is 338 g/mol. The first-order valence-electron chi connectivity index (χ1n) is 5.85. The summed E-state index contributed by atoms with van der Waals surface area (Å²) in [5.41, 5.74) is 4.54. The smallest absolute Gasteiger partial charge is 0.0501 e. The number of halogens is 4. The van der Waals surface area contributed by atoms with Crippen molar-refractivity contribution >= 4 is 46.4 Å². The van der Waals surface area contributed by atoms with Gasteiger partial charge in [-0.25, -0.2) is 0 Å². The van der Waals surface area contributed by atoms with Gasteiger partial charge in [0.2, 0.25) is 0 Å². The van der Waals surface area contributed by atoms with Crippen LogP contribution >= 0.6 is 46.4 Å². The van der Waals surface area contributed by atoms with Crippen LogP contribution in [0.5, 0.6) is 0 Å². The van der Waals surface area contributed by atoms with Gasteiger partial charge >= 0.3 is 0 Å². The van der Waals surface area contributed by atoms with E-state index in [-0.39, 0.29) is 6.04 Å². The van der Waals surface area contributed by atoms with Crippen LogP contribution in [0.4, 0.5) is 0 Å². The molecule has 0 amide bonds. The monoisotopic (exact) mass is 348 g/mol. The van der Waals surface area contributed by atoms with Crippen molar-refractivity contribution in [2.24, 2.45) is 5.84 Å². The van der Waals surface area contributed by atoms with Gasteiger partial charge in [-0.3, -0.25) is 11.3 Å². The Kier molecular flexibility index (Phi) is 5.56. The van der Waals surface area contributed by atoms with Crippen molar-refractivity contribution in [2.45, 2.75) is 12.5 Å². The number of hydrazine groups is 1. The van der Waals surface area contributed by atoms with Crippen LogP contribution < -0.4 is 11.3 Å². The topological polar surface area (TPSA) is 38.0 Å². The molecule has 1 unspecified atom stereocenters. The highest BCUT2D eigenvalue weighted by Gasteiger charge is 2.14. The summed E-state index contributed by atoms with van der Waals surface area (Å²) in [6, 6.07) is 10.5. The van der Waals surface area contributed by atoms with Gasteiger partial charge in [-0.05, 0) is 53.9 Å². The van der Waals surface area contributed by atoms with E-state index in [9.17, 15) is 0 Å². The second kappa shape index (κ2) is 6.99. The van der Waals surface area contributed by atoms with Crippen LogP contribution in [-0.2, 0) is 6.42 Å². The van der Waals surface area contributed by atoms with E-state index in [1.54, 1.807) is 18.2 Å². The number of nitrogens with one attached hydrogen (secondary N) is 1. The van der Waals surface area contributed by atoms with Crippen molar-refractivity contribution in [3.63, 3.8) is 0 Å². The van der Waals surface area contributed by atoms with Crippen LogP contribution in [-0.4, -0.2) is 0 Å². The fraction of sp³-hybridized carbons (Fsp3) is 0.143. The molecule has 106 valence electrons. The van der Waals surface area contributed by atoms with E-state index < -0.39 is 0 Å². The molecule has 0 spiro atoms. The molecule has 6 heteroatoms. The predicted octanol–water partition coefficient (Wildman–Crippen LogP) is 5.05. The van der Waals surface area contributed by atoms with Crippen LogP contribution in [0.2, 0.25) is 20.1 Å². The first-order valence-corrected chi connectivity index (χ1v) is 7.37. The van der Waals surface area contributed by atoms with Crippen LogP contribution in [0, 0.1) is 0 Å². The van der Waals surface area contributed by atoms with E-state index in [0.29, 0.717) is 26.5 Å². The fourth-order valence-electron chi connectivity index (χ4n) is 1.97. The lowest BCUT2D eigenvalue weighted by molar-refractivity contribution is 0.552. The van der Waals surface area contributed by atoms with Gasteiger partial charge in [-0.15, -0.1) is 0 Å². The van der Waals surface area contributed by atoms with Gasteiger partial charge in [-0.2, -0.15) is 0 Å². The fourth-order valence-corrected chi connectivity index (χ4v) is 2.90. The summed E-state index contributed by atoms with van der Waals surface area (Å²) in [5.74, 6) is 5.63. The lowest BCUT2D eigenvalue weighted by Gasteiger charge is -2.18. The maximum Gasteiger partial charge on any atom is 0.0501 e. The molecule has 0 saturated carbocycles. The maximum absolute atomic E-state index is 6.17. The van der Waals surface area contributed by atoms with Crippen molar-refractivity contribution in [3.8, 4) is 0 Å². The van der Waals surface area contributed by atoms with E-state index in [4.69, 9.17) is 52.2 Å². The highest BCUT2D eigenvalue weighted by Crippen LogP contribution is 2.28. The van der Waals surface area contributed by atoms with E-state index in [1.165, 1.54) is 0 Å². The van der Waals surface area contributed by atoms with Crippen molar-refractivity contribution in [2.75, 3.05) is 0 Å². The normalized spacial score (nSPS) is 12.4. The summed E-state index contributed by atoms with van der Waals surface area (Å²) < 4.78 is 0. The molecule has 0 bridgehead atoms. The second-order valence-corrected chi connectivity index (χ2v) is 6.08. The van der Waals surface area contributed by atoms with E-state index >= 15 is 0 Å². The Morgan fingerprint density at radius 1 is 0.900 bits per heavy atom. The molecule has 0 saturated heterocycles. The van der Waals surface area contributed by atoms with Crippen LogP contribution in [0.25, 0.3) is 0 Å². The first kappa shape index (κ1) is 15.9. The third kappa shape index (κ3) is 4.01. The molecule has 2 rings (SSSR count). The van der Waals surface area contributed by atoms with Crippen molar-refractivity contribution in [1.29, 1.82) is 0 Å². The van der Waals surface area contributed by atoms with Gasteiger partial charge in [0.25, 0.3) is 0 Å². The van der Waals surface area contributed by atoms with Crippen molar-refractivity contribution in [1.82, 2.24) is 5.43 Å². The summed E-state index contributed by atoms with van der Waals surface area (Å²) in [6.45, 7) is 0. The third-order valence-corrected chi connectivity index (χ3v) is 3.96. The third-order valence-electron chi connectivity index (χ3n) is 2.92. The zero-order chi connectivity index (χ0) is 14.7. The van der Waals surface area contributed by atoms with Crippen LogP contribution in [0.1, 0.15) is 17.2 Å². The summed E-state index contributed by atoms with van der Waals surface area (Å²) in [6.07, 6.45) is 0.576. The molecule has 0 radical (unpaired) electrons. The molecule has 0 aliphatic heterocycles. The average molecular weight is 350 g/mol. The zero-order valence-electron chi connectivity index (χ0n) is 10.3. The SMILES string of the molecule is NNC(Cc1cc(Cl)ccc1Cl)c1cc(Cl)cc(Cl)c1. The molecule has 0 aliphatic carbocycles. The molecule has 0 heterocycles. The largest absolute Gasteiger partial charge is 0.271 e. The quantitative estimate of drug-likeness (QED) is 0.598. The number of hydrogen-bond acceptors (Lipinski definition) is 2. The summed E-state index contributed by atoms with van der Waals surface area (Å²) >= 11 is 24.2. The Hall–Kier alpha value is -0.480. The maximum atomic E-state index is 6.17. The summed E-state index contributed by atoms with van der Waals surface area (Å²) in [4.78, 5) is 0. The number of rotatable bonds is 4. The molecule has 2 aromatic carbocycles. The molecule has 0 fully saturated rings. The van der Waals surface area contributed by atoms with E-state index in [2.05, 4.69) is 5.43 Å². The van der Waals surface area contributed by atoms with Gasteiger partial charge in [0, 0.05) is 20.1 Å². The molecular formula is C14H12Cl4N2. The second-order valence-electron chi connectivity index (χ2n) is 4.36. The minimum absolute atomic E-state index is 0.165. The predicted molar refractivity (Wildman–Crippen MR) is 86.7 cm³/mol. The number of hydrogen-bond donors (Lipinski definition) is 2. The summed E-state index contributed by atoms with van der Waals surface area (Å²) in [7, 11) is 0. The Morgan fingerprint density at radius 2 is 1.55 bits per heavy atom. The van der Waals surface area contributed by atoms with Gasteiger partial charge in [0.15, 0.2) is 0 Å². The van der Waals surface area contributed by atoms with Gasteiger partial charge < -0.3 is 0 Å². The number of benzene rings is 2. The van der Waals surface area contributed by atoms with Gasteiger partial charge in [-0.1, -0.05) is 46.4 Å². The Labute approximate surface area is 137 Å². The van der Waals surface area contributed by atoms with Crippen molar-refractivity contribution in [3.05, 3.63) is 67.6 Å². The van der Waals surface area contributed by atoms with Gasteiger partial charge in [0.05, 0.1) is 6.04 Å². The Balaban J connectivity index is 2.30. The lowest BCUT2D eigenvalue weighted by atomic mass is 9.99. The molecule has 1 atom stereocenters. The minimum Gasteiger partial charge on any atom is -0.271 e. The molecule has 3 N–H and O–H groups in total. The first-order chi connectivity index (χ1) is 9.49. The van der Waals surface area contributed by atoms with Gasteiger partial charge in [0.1, 0.15) is 0 Å². The molecule has 0 aromatic heterocycles. The highest BCUT2D eigenvalue weighted by atomic mass is 35.5. The van der Waals surface area contributed by atoms with Crippen LogP contribution in [0.15, 0.2) is 36.4 Å². The molecule has 2 nitrogen and oxygen atoms in total. The molecule has 0 aliphatic rings. The Bertz CT molecular complexity index is 596. The van der Waals surface area contributed by atoms with E-state index in [1.807, 2.05) is 18.2 Å². The standard InChI is InChI=1S/C14H12Cl4N2/c15-10-1-2-13(18)8(3-10)6-14(20-19)9-4-11(16)7-12(17)5-9/h1-5,7,14,20H,6,19H2. The molecule has 2 aromatic rings.